The van der Waals surface area contributed by atoms with E-state index in [0.717, 1.165) is 17.9 Å². The van der Waals surface area contributed by atoms with Gasteiger partial charge in [0.25, 0.3) is 0 Å². The molecule has 0 saturated heterocycles. The molecule has 1 heteroatoms. The maximum absolute atomic E-state index is 3.77. The van der Waals surface area contributed by atoms with Crippen LogP contribution in [0.5, 0.6) is 0 Å². The summed E-state index contributed by atoms with van der Waals surface area (Å²) in [6, 6.07) is 1.51. The Morgan fingerprint density at radius 2 is 1.93 bits per heavy atom. The number of hydrogen-bond acceptors (Lipinski definition) is 1. The molecule has 1 N–H and O–H groups in total. The number of rotatable bonds is 4. The van der Waals surface area contributed by atoms with E-state index in [9.17, 15) is 0 Å². The zero-order valence-electron chi connectivity index (χ0n) is 10.3. The van der Waals surface area contributed by atoms with Crippen LogP contribution < -0.4 is 5.32 Å². The Kier molecular flexibility index (Phi) is 4.94. The number of hydrogen-bond donors (Lipinski definition) is 1. The molecule has 0 aromatic heterocycles. The Morgan fingerprint density at radius 1 is 1.21 bits per heavy atom. The molecule has 84 valence electrons. The van der Waals surface area contributed by atoms with Crippen LogP contribution in [0.1, 0.15) is 59.8 Å². The molecule has 0 spiro atoms. The van der Waals surface area contributed by atoms with Crippen molar-refractivity contribution in [3.05, 3.63) is 0 Å². The van der Waals surface area contributed by atoms with E-state index in [-0.39, 0.29) is 0 Å². The van der Waals surface area contributed by atoms with E-state index in [1.54, 1.807) is 0 Å². The van der Waals surface area contributed by atoms with Gasteiger partial charge in [-0.1, -0.05) is 27.2 Å². The van der Waals surface area contributed by atoms with Crippen LogP contribution in [0.4, 0.5) is 0 Å². The first-order valence-corrected chi connectivity index (χ1v) is 6.39. The minimum absolute atomic E-state index is 0.714. The first-order valence-electron chi connectivity index (χ1n) is 6.39. The van der Waals surface area contributed by atoms with E-state index in [4.69, 9.17) is 0 Å². The van der Waals surface area contributed by atoms with Gasteiger partial charge in [0.2, 0.25) is 0 Å². The average Bonchev–Trinajstić information content (AvgIpc) is 2.12. The van der Waals surface area contributed by atoms with Crippen LogP contribution >= 0.6 is 0 Å². The summed E-state index contributed by atoms with van der Waals surface area (Å²) in [6.45, 7) is 9.40. The van der Waals surface area contributed by atoms with Crippen LogP contribution in [0.25, 0.3) is 0 Å². The summed E-state index contributed by atoms with van der Waals surface area (Å²) >= 11 is 0. The Hall–Kier alpha value is -0.0400. The normalized spacial score (nSPS) is 35.6. The second kappa shape index (κ2) is 5.75. The van der Waals surface area contributed by atoms with Crippen molar-refractivity contribution in [2.45, 2.75) is 71.9 Å². The van der Waals surface area contributed by atoms with Gasteiger partial charge < -0.3 is 5.32 Å². The Morgan fingerprint density at radius 3 is 2.50 bits per heavy atom. The summed E-state index contributed by atoms with van der Waals surface area (Å²) in [4.78, 5) is 0. The summed E-state index contributed by atoms with van der Waals surface area (Å²) in [5, 5.41) is 3.77. The van der Waals surface area contributed by atoms with E-state index in [2.05, 4.69) is 33.0 Å². The van der Waals surface area contributed by atoms with E-state index in [1.807, 2.05) is 0 Å². The SMILES string of the molecule is CCCC(C)NC1CCC(C)C(C)C1. The van der Waals surface area contributed by atoms with Gasteiger partial charge in [-0.05, 0) is 44.4 Å². The summed E-state index contributed by atoms with van der Waals surface area (Å²) < 4.78 is 0. The maximum atomic E-state index is 3.77. The topological polar surface area (TPSA) is 12.0 Å². The maximum Gasteiger partial charge on any atom is 0.00722 e. The van der Waals surface area contributed by atoms with Crippen LogP contribution in [0.2, 0.25) is 0 Å². The van der Waals surface area contributed by atoms with E-state index in [0.29, 0.717) is 6.04 Å². The third kappa shape index (κ3) is 3.61. The van der Waals surface area contributed by atoms with Crippen LogP contribution in [0.15, 0.2) is 0 Å². The molecule has 0 aliphatic heterocycles. The fraction of sp³-hybridized carbons (Fsp3) is 1.00. The average molecular weight is 197 g/mol. The second-order valence-electron chi connectivity index (χ2n) is 5.32. The van der Waals surface area contributed by atoms with Gasteiger partial charge in [0.15, 0.2) is 0 Å². The van der Waals surface area contributed by atoms with E-state index in [1.165, 1.54) is 32.1 Å². The third-order valence-corrected chi connectivity index (χ3v) is 3.84. The van der Waals surface area contributed by atoms with Crippen molar-refractivity contribution < 1.29 is 0 Å². The fourth-order valence-electron chi connectivity index (χ4n) is 2.62. The van der Waals surface area contributed by atoms with Crippen LogP contribution in [-0.2, 0) is 0 Å². The third-order valence-electron chi connectivity index (χ3n) is 3.84. The molecule has 1 fully saturated rings. The quantitative estimate of drug-likeness (QED) is 0.726. The standard InChI is InChI=1S/C13H27N/c1-5-6-12(4)14-13-8-7-10(2)11(3)9-13/h10-14H,5-9H2,1-4H3. The van der Waals surface area contributed by atoms with Crippen molar-refractivity contribution in [1.29, 1.82) is 0 Å². The van der Waals surface area contributed by atoms with Gasteiger partial charge in [0.05, 0.1) is 0 Å². The summed E-state index contributed by atoms with van der Waals surface area (Å²) in [5.41, 5.74) is 0. The predicted molar refractivity (Wildman–Crippen MR) is 63.5 cm³/mol. The summed E-state index contributed by atoms with van der Waals surface area (Å²) in [5.74, 6) is 1.85. The Balaban J connectivity index is 2.25. The highest BCUT2D eigenvalue weighted by Gasteiger charge is 2.24. The van der Waals surface area contributed by atoms with E-state index < -0.39 is 0 Å². The highest BCUT2D eigenvalue weighted by Crippen LogP contribution is 2.29. The molecule has 14 heavy (non-hydrogen) atoms. The second-order valence-corrected chi connectivity index (χ2v) is 5.32. The zero-order valence-corrected chi connectivity index (χ0v) is 10.3. The van der Waals surface area contributed by atoms with Gasteiger partial charge in [-0.25, -0.2) is 0 Å². The highest BCUT2D eigenvalue weighted by atomic mass is 14.9. The lowest BCUT2D eigenvalue weighted by Gasteiger charge is -2.34. The van der Waals surface area contributed by atoms with E-state index >= 15 is 0 Å². The lowest BCUT2D eigenvalue weighted by molar-refractivity contribution is 0.215. The molecule has 0 aromatic carbocycles. The van der Waals surface area contributed by atoms with Gasteiger partial charge in [-0.2, -0.15) is 0 Å². The molecule has 4 atom stereocenters. The predicted octanol–water partition coefficient (Wildman–Crippen LogP) is 3.59. The van der Waals surface area contributed by atoms with Crippen molar-refractivity contribution in [3.63, 3.8) is 0 Å². The zero-order chi connectivity index (χ0) is 10.6. The Bertz CT molecular complexity index is 155. The first-order chi connectivity index (χ1) is 6.63. The molecule has 0 heterocycles. The molecule has 1 saturated carbocycles. The molecule has 0 radical (unpaired) electrons. The van der Waals surface area contributed by atoms with Crippen LogP contribution in [0.3, 0.4) is 0 Å². The molecule has 1 nitrogen and oxygen atoms in total. The van der Waals surface area contributed by atoms with Gasteiger partial charge in [-0.3, -0.25) is 0 Å². The molecular weight excluding hydrogens is 170 g/mol. The minimum atomic E-state index is 0.714. The summed E-state index contributed by atoms with van der Waals surface area (Å²) in [7, 11) is 0. The van der Waals surface area contributed by atoms with Gasteiger partial charge in [0, 0.05) is 12.1 Å². The fourth-order valence-corrected chi connectivity index (χ4v) is 2.62. The molecule has 0 amide bonds. The van der Waals surface area contributed by atoms with Crippen molar-refractivity contribution in [2.75, 3.05) is 0 Å². The highest BCUT2D eigenvalue weighted by molar-refractivity contribution is 4.81. The lowest BCUT2D eigenvalue weighted by atomic mass is 9.79. The minimum Gasteiger partial charge on any atom is -0.311 e. The molecule has 0 bridgehead atoms. The number of nitrogens with one attached hydrogen (secondary N) is 1. The monoisotopic (exact) mass is 197 g/mol. The Labute approximate surface area is 89.7 Å². The van der Waals surface area contributed by atoms with Crippen molar-refractivity contribution >= 4 is 0 Å². The van der Waals surface area contributed by atoms with Crippen molar-refractivity contribution in [1.82, 2.24) is 5.32 Å². The molecule has 4 unspecified atom stereocenters. The lowest BCUT2D eigenvalue weighted by Crippen LogP contribution is -2.40. The molecular formula is C13H27N. The van der Waals surface area contributed by atoms with Crippen molar-refractivity contribution in [2.24, 2.45) is 11.8 Å². The molecule has 1 rings (SSSR count). The van der Waals surface area contributed by atoms with Gasteiger partial charge >= 0.3 is 0 Å². The summed E-state index contributed by atoms with van der Waals surface area (Å²) in [6.07, 6.45) is 6.81. The van der Waals surface area contributed by atoms with Gasteiger partial charge in [0.1, 0.15) is 0 Å². The van der Waals surface area contributed by atoms with Crippen LogP contribution in [0, 0.1) is 11.8 Å². The van der Waals surface area contributed by atoms with Gasteiger partial charge in [-0.15, -0.1) is 0 Å². The van der Waals surface area contributed by atoms with Crippen LogP contribution in [-0.4, -0.2) is 12.1 Å². The molecule has 1 aliphatic carbocycles. The largest absolute Gasteiger partial charge is 0.311 e. The molecule has 1 aliphatic rings. The van der Waals surface area contributed by atoms with Crippen molar-refractivity contribution in [3.8, 4) is 0 Å². The molecule has 0 aromatic rings. The smallest absolute Gasteiger partial charge is 0.00722 e. The first kappa shape index (κ1) is 12.0.